The fourth-order valence-corrected chi connectivity index (χ4v) is 1.40. The van der Waals surface area contributed by atoms with E-state index in [0.29, 0.717) is 18.4 Å². The molecule has 0 bridgehead atoms. The molecule has 86 valence electrons. The summed E-state index contributed by atoms with van der Waals surface area (Å²) < 4.78 is 5.53. The van der Waals surface area contributed by atoms with Crippen LogP contribution in [0.25, 0.3) is 0 Å². The summed E-state index contributed by atoms with van der Waals surface area (Å²) in [5.41, 5.74) is 0. The molecule has 1 heterocycles. The number of hydrogen-bond donors (Lipinski definition) is 1. The van der Waals surface area contributed by atoms with Gasteiger partial charge < -0.3 is 10.1 Å². The first-order chi connectivity index (χ1) is 7.83. The quantitative estimate of drug-likeness (QED) is 0.772. The Morgan fingerprint density at radius 3 is 2.94 bits per heavy atom. The lowest BCUT2D eigenvalue weighted by molar-refractivity contribution is 0.346. The normalized spacial score (nSPS) is 15.4. The van der Waals surface area contributed by atoms with Crippen LogP contribution in [0.2, 0.25) is 0 Å². The van der Waals surface area contributed by atoms with E-state index in [2.05, 4.69) is 15.3 Å². The number of aromatic nitrogens is 2. The second-order valence-corrected chi connectivity index (χ2v) is 3.85. The Bertz CT molecular complexity index is 386. The van der Waals surface area contributed by atoms with E-state index in [9.17, 15) is 0 Å². The van der Waals surface area contributed by atoms with Crippen LogP contribution in [0.5, 0.6) is 5.88 Å². The predicted octanol–water partition coefficient (Wildman–Crippen LogP) is 2.35. The van der Waals surface area contributed by atoms with Crippen molar-refractivity contribution in [3.63, 3.8) is 0 Å². The first-order valence-corrected chi connectivity index (χ1v) is 5.64. The number of ether oxygens (including phenoxy) is 1. The molecule has 1 N–H and O–H groups in total. The van der Waals surface area contributed by atoms with Gasteiger partial charge in [0, 0.05) is 19.0 Å². The summed E-state index contributed by atoms with van der Waals surface area (Å²) in [5.74, 6) is 2.92. The van der Waals surface area contributed by atoms with Crippen LogP contribution in [0.4, 0.5) is 5.82 Å². The standard InChI is InChI=1S/C12H17N3O/c1-3-4-7-16-11-8-10(13-2)14-12(15-11)9-5-6-9/h3-4,8-9H,5-7H2,1-2H3,(H,13,14,15)/b4-3+. The molecule has 0 atom stereocenters. The molecule has 1 aromatic heterocycles. The number of hydrogen-bond acceptors (Lipinski definition) is 4. The molecule has 0 spiro atoms. The zero-order valence-electron chi connectivity index (χ0n) is 9.73. The Labute approximate surface area is 95.8 Å². The monoisotopic (exact) mass is 219 g/mol. The topological polar surface area (TPSA) is 47.0 Å². The molecule has 4 heteroatoms. The molecule has 0 unspecified atom stereocenters. The second-order valence-electron chi connectivity index (χ2n) is 3.85. The summed E-state index contributed by atoms with van der Waals surface area (Å²) >= 11 is 0. The van der Waals surface area contributed by atoms with E-state index in [-0.39, 0.29) is 0 Å². The highest BCUT2D eigenvalue weighted by Gasteiger charge is 2.27. The van der Waals surface area contributed by atoms with Gasteiger partial charge in [-0.1, -0.05) is 12.2 Å². The van der Waals surface area contributed by atoms with Crippen LogP contribution >= 0.6 is 0 Å². The van der Waals surface area contributed by atoms with Crippen LogP contribution in [0.1, 0.15) is 31.5 Å². The number of rotatable bonds is 5. The molecular formula is C12H17N3O. The average molecular weight is 219 g/mol. The number of allylic oxidation sites excluding steroid dienone is 1. The van der Waals surface area contributed by atoms with Crippen LogP contribution < -0.4 is 10.1 Å². The summed E-state index contributed by atoms with van der Waals surface area (Å²) in [6.07, 6.45) is 6.31. The largest absolute Gasteiger partial charge is 0.473 e. The van der Waals surface area contributed by atoms with E-state index >= 15 is 0 Å². The third-order valence-electron chi connectivity index (χ3n) is 2.48. The Morgan fingerprint density at radius 1 is 1.50 bits per heavy atom. The Balaban J connectivity index is 2.12. The van der Waals surface area contributed by atoms with E-state index in [1.807, 2.05) is 32.2 Å². The summed E-state index contributed by atoms with van der Waals surface area (Å²) in [5, 5.41) is 3.03. The smallest absolute Gasteiger partial charge is 0.219 e. The Kier molecular flexibility index (Phi) is 3.39. The van der Waals surface area contributed by atoms with E-state index < -0.39 is 0 Å². The minimum absolute atomic E-state index is 0.539. The van der Waals surface area contributed by atoms with Crippen LogP contribution in [0.15, 0.2) is 18.2 Å². The van der Waals surface area contributed by atoms with Crippen molar-refractivity contribution in [1.29, 1.82) is 0 Å². The molecule has 1 fully saturated rings. The molecule has 1 aromatic rings. The second kappa shape index (κ2) is 4.96. The van der Waals surface area contributed by atoms with Crippen molar-refractivity contribution < 1.29 is 4.74 Å². The number of anilines is 1. The SMILES string of the molecule is C/C=C/COc1cc(NC)nc(C2CC2)n1. The minimum Gasteiger partial charge on any atom is -0.473 e. The van der Waals surface area contributed by atoms with Gasteiger partial charge in [-0.15, -0.1) is 0 Å². The van der Waals surface area contributed by atoms with Crippen LogP contribution in [0, 0.1) is 0 Å². The van der Waals surface area contributed by atoms with Gasteiger partial charge >= 0.3 is 0 Å². The number of nitrogens with one attached hydrogen (secondary N) is 1. The molecule has 0 amide bonds. The van der Waals surface area contributed by atoms with Crippen molar-refractivity contribution in [3.8, 4) is 5.88 Å². The van der Waals surface area contributed by atoms with E-state index in [1.54, 1.807) is 0 Å². The molecule has 4 nitrogen and oxygen atoms in total. The van der Waals surface area contributed by atoms with Gasteiger partial charge in [-0.25, -0.2) is 4.98 Å². The molecule has 2 rings (SSSR count). The fraction of sp³-hybridized carbons (Fsp3) is 0.500. The lowest BCUT2D eigenvalue weighted by Gasteiger charge is -2.07. The molecule has 1 aliphatic carbocycles. The summed E-state index contributed by atoms with van der Waals surface area (Å²) in [7, 11) is 1.86. The van der Waals surface area contributed by atoms with Crippen molar-refractivity contribution >= 4 is 5.82 Å². The summed E-state index contributed by atoms with van der Waals surface area (Å²) in [6, 6.07) is 1.83. The Hall–Kier alpha value is -1.58. The first-order valence-electron chi connectivity index (χ1n) is 5.64. The highest BCUT2D eigenvalue weighted by Crippen LogP contribution is 2.39. The van der Waals surface area contributed by atoms with Crippen molar-refractivity contribution in [1.82, 2.24) is 9.97 Å². The lowest BCUT2D eigenvalue weighted by atomic mass is 10.4. The van der Waals surface area contributed by atoms with Crippen LogP contribution in [-0.2, 0) is 0 Å². The van der Waals surface area contributed by atoms with Gasteiger partial charge in [-0.2, -0.15) is 4.98 Å². The molecular weight excluding hydrogens is 202 g/mol. The molecule has 1 aliphatic rings. The summed E-state index contributed by atoms with van der Waals surface area (Å²) in [6.45, 7) is 2.53. The van der Waals surface area contributed by atoms with Crippen molar-refractivity contribution in [2.75, 3.05) is 19.0 Å². The molecule has 16 heavy (non-hydrogen) atoms. The van der Waals surface area contributed by atoms with Crippen molar-refractivity contribution in [3.05, 3.63) is 24.0 Å². The third-order valence-corrected chi connectivity index (χ3v) is 2.48. The van der Waals surface area contributed by atoms with Crippen molar-refractivity contribution in [2.24, 2.45) is 0 Å². The van der Waals surface area contributed by atoms with Crippen LogP contribution in [0.3, 0.4) is 0 Å². The van der Waals surface area contributed by atoms with E-state index in [0.717, 1.165) is 11.6 Å². The molecule has 0 aromatic carbocycles. The van der Waals surface area contributed by atoms with Gasteiger partial charge in [0.1, 0.15) is 18.2 Å². The van der Waals surface area contributed by atoms with Gasteiger partial charge in [0.25, 0.3) is 0 Å². The lowest BCUT2D eigenvalue weighted by Crippen LogP contribution is -2.03. The molecule has 0 aliphatic heterocycles. The van der Waals surface area contributed by atoms with E-state index in [1.165, 1.54) is 12.8 Å². The molecule has 1 saturated carbocycles. The first kappa shape index (κ1) is 10.9. The van der Waals surface area contributed by atoms with E-state index in [4.69, 9.17) is 4.74 Å². The fourth-order valence-electron chi connectivity index (χ4n) is 1.40. The average Bonchev–Trinajstić information content (AvgIpc) is 3.13. The summed E-state index contributed by atoms with van der Waals surface area (Å²) in [4.78, 5) is 8.83. The van der Waals surface area contributed by atoms with Crippen LogP contribution in [-0.4, -0.2) is 23.6 Å². The van der Waals surface area contributed by atoms with Gasteiger partial charge in [0.05, 0.1) is 0 Å². The van der Waals surface area contributed by atoms with Gasteiger partial charge in [0.2, 0.25) is 5.88 Å². The molecule has 0 radical (unpaired) electrons. The highest BCUT2D eigenvalue weighted by atomic mass is 16.5. The maximum absolute atomic E-state index is 5.53. The zero-order chi connectivity index (χ0) is 11.4. The predicted molar refractivity (Wildman–Crippen MR) is 63.9 cm³/mol. The third kappa shape index (κ3) is 2.72. The van der Waals surface area contributed by atoms with Crippen molar-refractivity contribution in [2.45, 2.75) is 25.7 Å². The Morgan fingerprint density at radius 2 is 2.31 bits per heavy atom. The zero-order valence-corrected chi connectivity index (χ0v) is 9.73. The highest BCUT2D eigenvalue weighted by molar-refractivity contribution is 5.38. The van der Waals surface area contributed by atoms with Gasteiger partial charge in [0.15, 0.2) is 0 Å². The maximum Gasteiger partial charge on any atom is 0.219 e. The maximum atomic E-state index is 5.53. The molecule has 0 saturated heterocycles. The minimum atomic E-state index is 0.539. The number of nitrogens with zero attached hydrogens (tertiary/aromatic N) is 2. The van der Waals surface area contributed by atoms with Gasteiger partial charge in [-0.05, 0) is 19.8 Å². The van der Waals surface area contributed by atoms with Gasteiger partial charge in [-0.3, -0.25) is 0 Å².